The molecular weight excluding hydrogens is 472 g/mol. The highest BCUT2D eigenvalue weighted by Gasteiger charge is 2.47. The molecule has 0 radical (unpaired) electrons. The molecule has 0 bridgehead atoms. The number of carbonyl (C=O) groups excluding carboxylic acids is 1. The Morgan fingerprint density at radius 1 is 1.12 bits per heavy atom. The second-order valence-electron chi connectivity index (χ2n) is 8.31. The number of nitrogens with zero attached hydrogens (tertiary/aromatic N) is 2. The smallest absolute Gasteiger partial charge is 0.254 e. The lowest BCUT2D eigenvalue weighted by Gasteiger charge is -2.33. The molecule has 0 saturated carbocycles. The van der Waals surface area contributed by atoms with E-state index in [1.807, 2.05) is 53.4 Å². The monoisotopic (exact) mass is 500 g/mol. The van der Waals surface area contributed by atoms with Gasteiger partial charge < -0.3 is 19.5 Å². The van der Waals surface area contributed by atoms with Crippen molar-refractivity contribution in [1.82, 2.24) is 4.90 Å². The summed E-state index contributed by atoms with van der Waals surface area (Å²) in [5.41, 5.74) is 0.895. The van der Waals surface area contributed by atoms with Gasteiger partial charge in [-0.25, -0.2) is 4.99 Å². The predicted octanol–water partition coefficient (Wildman–Crippen LogP) is 3.98. The van der Waals surface area contributed by atoms with Crippen molar-refractivity contribution in [1.29, 1.82) is 0 Å². The van der Waals surface area contributed by atoms with Crippen LogP contribution in [0.5, 0.6) is 5.75 Å². The lowest BCUT2D eigenvalue weighted by molar-refractivity contribution is -0.138. The number of aliphatic imine (C=N–C) groups is 1. The molecule has 6 nitrogen and oxygen atoms in total. The molecule has 1 N–H and O–H groups in total. The molecule has 2 aromatic carbocycles. The number of piperidine rings is 1. The first-order chi connectivity index (χ1) is 15.6. The average molecular weight is 501 g/mol. The summed E-state index contributed by atoms with van der Waals surface area (Å²) in [6.07, 6.45) is 4.31. The first-order valence-electron chi connectivity index (χ1n) is 11.2. The maximum absolute atomic E-state index is 13.7. The molecule has 2 aliphatic heterocycles. The molecule has 170 valence electrons. The number of hydrogen-bond donors (Lipinski definition) is 1. The summed E-state index contributed by atoms with van der Waals surface area (Å²) in [6, 6.07) is 15.5. The van der Waals surface area contributed by atoms with Gasteiger partial charge in [-0.2, -0.15) is 0 Å². The number of likely N-dealkylation sites (tertiary alicyclic amines) is 1. The van der Waals surface area contributed by atoms with E-state index in [9.17, 15) is 4.79 Å². The zero-order valence-corrected chi connectivity index (χ0v) is 19.7. The van der Waals surface area contributed by atoms with E-state index in [0.29, 0.717) is 25.3 Å². The van der Waals surface area contributed by atoms with E-state index in [-0.39, 0.29) is 19.1 Å². The second-order valence-corrected chi connectivity index (χ2v) is 9.16. The van der Waals surface area contributed by atoms with Crippen molar-refractivity contribution >= 4 is 27.7 Å². The third-order valence-corrected chi connectivity index (χ3v) is 6.69. The van der Waals surface area contributed by atoms with Crippen LogP contribution < -0.4 is 4.74 Å². The zero-order valence-electron chi connectivity index (χ0n) is 18.1. The van der Waals surface area contributed by atoms with Gasteiger partial charge in [-0.15, -0.1) is 0 Å². The number of benzene rings is 2. The van der Waals surface area contributed by atoms with E-state index < -0.39 is 5.54 Å². The SMILES string of the molecule is O=C(N1CCCCC1)[C@@]1(Cc2ccccc2Br)COC(c2ccc(OCCCO)cc2)=N1. The number of carbonyl (C=O) groups is 1. The van der Waals surface area contributed by atoms with Gasteiger partial charge in [0, 0.05) is 42.6 Å². The van der Waals surface area contributed by atoms with Crippen LogP contribution in [0.15, 0.2) is 58.0 Å². The summed E-state index contributed by atoms with van der Waals surface area (Å²) >= 11 is 3.62. The molecule has 1 saturated heterocycles. The van der Waals surface area contributed by atoms with E-state index in [1.54, 1.807) is 0 Å². The minimum absolute atomic E-state index is 0.0481. The highest BCUT2D eigenvalue weighted by atomic mass is 79.9. The lowest BCUT2D eigenvalue weighted by atomic mass is 9.90. The van der Waals surface area contributed by atoms with Gasteiger partial charge in [0.05, 0.1) is 6.61 Å². The van der Waals surface area contributed by atoms with Gasteiger partial charge in [0.1, 0.15) is 12.4 Å². The fourth-order valence-corrected chi connectivity index (χ4v) is 4.59. The third-order valence-electron chi connectivity index (χ3n) is 5.92. The molecule has 1 atom stereocenters. The van der Waals surface area contributed by atoms with Crippen LogP contribution in [0.3, 0.4) is 0 Å². The largest absolute Gasteiger partial charge is 0.494 e. The fraction of sp³-hybridized carbons (Fsp3) is 0.440. The lowest BCUT2D eigenvalue weighted by Crippen LogP contribution is -2.52. The summed E-state index contributed by atoms with van der Waals surface area (Å²) in [7, 11) is 0. The topological polar surface area (TPSA) is 71.4 Å². The third kappa shape index (κ3) is 5.15. The number of halogens is 1. The Hall–Kier alpha value is -2.38. The van der Waals surface area contributed by atoms with Gasteiger partial charge in [0.2, 0.25) is 5.90 Å². The van der Waals surface area contributed by atoms with Gasteiger partial charge in [0.15, 0.2) is 5.54 Å². The zero-order chi connectivity index (χ0) is 22.4. The number of aliphatic hydroxyl groups excluding tert-OH is 1. The number of hydrogen-bond acceptors (Lipinski definition) is 5. The van der Waals surface area contributed by atoms with Crippen molar-refractivity contribution in [3.05, 3.63) is 64.1 Å². The minimum atomic E-state index is -0.965. The van der Waals surface area contributed by atoms with E-state index >= 15 is 0 Å². The Balaban J connectivity index is 1.60. The Labute approximate surface area is 197 Å². The quantitative estimate of drug-likeness (QED) is 0.556. The van der Waals surface area contributed by atoms with E-state index in [0.717, 1.165) is 47.3 Å². The van der Waals surface area contributed by atoms with Gasteiger partial charge in [0.25, 0.3) is 5.91 Å². The molecule has 0 aliphatic carbocycles. The average Bonchev–Trinajstić information content (AvgIpc) is 3.26. The summed E-state index contributed by atoms with van der Waals surface area (Å²) in [6.45, 7) is 2.36. The highest BCUT2D eigenvalue weighted by Crippen LogP contribution is 2.32. The molecule has 1 amide bonds. The van der Waals surface area contributed by atoms with Crippen LogP contribution in [0.2, 0.25) is 0 Å². The second kappa shape index (κ2) is 10.5. The fourth-order valence-electron chi connectivity index (χ4n) is 4.17. The summed E-state index contributed by atoms with van der Waals surface area (Å²) in [4.78, 5) is 20.6. The van der Waals surface area contributed by atoms with Crippen LogP contribution >= 0.6 is 15.9 Å². The van der Waals surface area contributed by atoms with Gasteiger partial charge in [-0.3, -0.25) is 4.79 Å². The summed E-state index contributed by atoms with van der Waals surface area (Å²) in [5, 5.41) is 8.90. The van der Waals surface area contributed by atoms with Crippen LogP contribution in [-0.4, -0.2) is 60.3 Å². The van der Waals surface area contributed by atoms with Crippen molar-refractivity contribution in [3.8, 4) is 5.75 Å². The Morgan fingerprint density at radius 2 is 1.88 bits per heavy atom. The maximum Gasteiger partial charge on any atom is 0.254 e. The first kappa shape index (κ1) is 22.8. The standard InChI is InChI=1S/C25H29BrN2O4/c26-22-8-3-2-7-20(22)17-25(24(30)28-13-4-1-5-14-28)18-32-23(27-25)19-9-11-21(12-10-19)31-16-6-15-29/h2-3,7-12,29H,1,4-6,13-18H2/t25-/m1/s1. The van der Waals surface area contributed by atoms with Crippen LogP contribution in [-0.2, 0) is 16.0 Å². The minimum Gasteiger partial charge on any atom is -0.494 e. The maximum atomic E-state index is 13.7. The number of ether oxygens (including phenoxy) is 2. The Bertz CT molecular complexity index is 957. The predicted molar refractivity (Wildman–Crippen MR) is 127 cm³/mol. The van der Waals surface area contributed by atoms with Gasteiger partial charge >= 0.3 is 0 Å². The van der Waals surface area contributed by atoms with Crippen LogP contribution in [0.1, 0.15) is 36.8 Å². The summed E-state index contributed by atoms with van der Waals surface area (Å²) in [5.74, 6) is 1.26. The van der Waals surface area contributed by atoms with Gasteiger partial charge in [-0.1, -0.05) is 34.1 Å². The van der Waals surface area contributed by atoms with Crippen molar-refractivity contribution < 1.29 is 19.4 Å². The van der Waals surface area contributed by atoms with Crippen LogP contribution in [0, 0.1) is 0 Å². The van der Waals surface area contributed by atoms with Gasteiger partial charge in [-0.05, 0) is 55.2 Å². The van der Waals surface area contributed by atoms with E-state index in [1.165, 1.54) is 6.42 Å². The number of rotatable bonds is 8. The normalized spacial score (nSPS) is 20.6. The van der Waals surface area contributed by atoms with Crippen molar-refractivity contribution in [2.45, 2.75) is 37.6 Å². The molecule has 2 aliphatic rings. The molecule has 0 aromatic heterocycles. The molecular formula is C25H29BrN2O4. The molecule has 0 spiro atoms. The molecule has 2 heterocycles. The molecule has 4 rings (SSSR count). The highest BCUT2D eigenvalue weighted by molar-refractivity contribution is 9.10. The number of amides is 1. The molecule has 0 unspecified atom stereocenters. The van der Waals surface area contributed by atoms with Crippen molar-refractivity contribution in [3.63, 3.8) is 0 Å². The molecule has 1 fully saturated rings. The molecule has 2 aromatic rings. The van der Waals surface area contributed by atoms with E-state index in [4.69, 9.17) is 19.6 Å². The van der Waals surface area contributed by atoms with Crippen molar-refractivity contribution in [2.24, 2.45) is 4.99 Å². The Morgan fingerprint density at radius 3 is 2.59 bits per heavy atom. The first-order valence-corrected chi connectivity index (χ1v) is 12.0. The summed E-state index contributed by atoms with van der Waals surface area (Å²) < 4.78 is 12.6. The molecule has 7 heteroatoms. The van der Waals surface area contributed by atoms with Crippen LogP contribution in [0.25, 0.3) is 0 Å². The van der Waals surface area contributed by atoms with Crippen LogP contribution in [0.4, 0.5) is 0 Å². The number of aliphatic hydroxyl groups is 1. The van der Waals surface area contributed by atoms with E-state index in [2.05, 4.69) is 15.9 Å². The Kier molecular flexibility index (Phi) is 7.48. The molecule has 32 heavy (non-hydrogen) atoms. The van der Waals surface area contributed by atoms with Crippen molar-refractivity contribution in [2.75, 3.05) is 32.9 Å².